The zero-order valence-corrected chi connectivity index (χ0v) is 15.9. The minimum absolute atomic E-state index is 0.0834. The van der Waals surface area contributed by atoms with Gasteiger partial charge in [-0.3, -0.25) is 4.79 Å². The fourth-order valence-corrected chi connectivity index (χ4v) is 5.10. The van der Waals surface area contributed by atoms with Crippen LogP contribution in [0.25, 0.3) is 11.0 Å². The zero-order valence-electron chi connectivity index (χ0n) is 14.3. The van der Waals surface area contributed by atoms with Crippen molar-refractivity contribution in [2.24, 2.45) is 5.92 Å². The molecule has 25 heavy (non-hydrogen) atoms. The molecule has 136 valence electrons. The number of fused-ring (bicyclic) bond motifs is 1. The van der Waals surface area contributed by atoms with Crippen LogP contribution in [0.1, 0.15) is 32.6 Å². The summed E-state index contributed by atoms with van der Waals surface area (Å²) in [5.74, 6) is 0.155. The summed E-state index contributed by atoms with van der Waals surface area (Å²) >= 11 is 0.970. The van der Waals surface area contributed by atoms with Crippen molar-refractivity contribution >= 4 is 38.7 Å². The Morgan fingerprint density at radius 1 is 1.32 bits per heavy atom. The Morgan fingerprint density at radius 3 is 2.84 bits per heavy atom. The number of sulfonamides is 1. The molecule has 0 radical (unpaired) electrons. The van der Waals surface area contributed by atoms with Crippen LogP contribution < -0.4 is 5.32 Å². The van der Waals surface area contributed by atoms with E-state index >= 15 is 0 Å². The Morgan fingerprint density at radius 2 is 2.08 bits per heavy atom. The molecule has 1 heterocycles. The Kier molecular flexibility index (Phi) is 5.35. The number of rotatable bonds is 5. The van der Waals surface area contributed by atoms with Gasteiger partial charge in [0, 0.05) is 13.1 Å². The molecule has 0 saturated heterocycles. The number of hydrogen-bond donors (Lipinski definition) is 1. The van der Waals surface area contributed by atoms with Crippen molar-refractivity contribution in [3.8, 4) is 0 Å². The number of benzene rings is 1. The molecule has 0 aliphatic heterocycles. The fourth-order valence-electron chi connectivity index (χ4n) is 3.23. The summed E-state index contributed by atoms with van der Waals surface area (Å²) in [6.07, 6.45) is 4.33. The second-order valence-electron chi connectivity index (χ2n) is 6.58. The number of carbonyl (C=O) groups is 1. The Balaban J connectivity index is 1.72. The number of carbonyl (C=O) groups excluding carboxylic acids is 1. The van der Waals surface area contributed by atoms with Crippen LogP contribution in [0, 0.1) is 5.92 Å². The summed E-state index contributed by atoms with van der Waals surface area (Å²) in [5, 5.41) is 2.98. The molecule has 1 fully saturated rings. The maximum absolute atomic E-state index is 12.8. The maximum Gasteiger partial charge on any atom is 0.245 e. The minimum Gasteiger partial charge on any atom is -0.352 e. The van der Waals surface area contributed by atoms with E-state index in [-0.39, 0.29) is 23.4 Å². The van der Waals surface area contributed by atoms with E-state index in [1.165, 1.54) is 19.5 Å². The quantitative estimate of drug-likeness (QED) is 0.854. The lowest BCUT2D eigenvalue weighted by atomic mass is 9.86. The third-order valence-corrected chi connectivity index (χ3v) is 7.14. The molecule has 0 spiro atoms. The normalized spacial score (nSPS) is 21.6. The molecule has 1 aromatic carbocycles. The Bertz CT molecular complexity index is 865. The summed E-state index contributed by atoms with van der Waals surface area (Å²) < 4.78 is 34.9. The lowest BCUT2D eigenvalue weighted by Crippen LogP contribution is -2.46. The minimum atomic E-state index is -3.81. The van der Waals surface area contributed by atoms with Crippen molar-refractivity contribution in [2.75, 3.05) is 13.6 Å². The number of aromatic nitrogens is 2. The molecular formula is C16H22N4O3S2. The van der Waals surface area contributed by atoms with Gasteiger partial charge in [-0.15, -0.1) is 0 Å². The molecule has 9 heteroatoms. The summed E-state index contributed by atoms with van der Waals surface area (Å²) in [7, 11) is -2.39. The van der Waals surface area contributed by atoms with Crippen molar-refractivity contribution in [1.29, 1.82) is 0 Å². The average molecular weight is 383 g/mol. The molecule has 1 amide bonds. The molecule has 1 N–H and O–H groups in total. The number of nitrogens with one attached hydrogen (secondary N) is 1. The molecule has 1 aliphatic rings. The van der Waals surface area contributed by atoms with Gasteiger partial charge < -0.3 is 5.32 Å². The van der Waals surface area contributed by atoms with Gasteiger partial charge in [-0.25, -0.2) is 8.42 Å². The summed E-state index contributed by atoms with van der Waals surface area (Å²) in [6.45, 7) is 1.92. The largest absolute Gasteiger partial charge is 0.352 e. The highest BCUT2D eigenvalue weighted by atomic mass is 32.2. The van der Waals surface area contributed by atoms with Gasteiger partial charge in [-0.1, -0.05) is 25.8 Å². The van der Waals surface area contributed by atoms with Gasteiger partial charge in [-0.05, 0) is 30.9 Å². The zero-order chi connectivity index (χ0) is 18.0. The van der Waals surface area contributed by atoms with E-state index < -0.39 is 10.0 Å². The molecule has 0 unspecified atom stereocenters. The van der Waals surface area contributed by atoms with Crippen LogP contribution in [0.4, 0.5) is 0 Å². The smallest absolute Gasteiger partial charge is 0.245 e. The van der Waals surface area contributed by atoms with E-state index in [1.54, 1.807) is 12.1 Å². The van der Waals surface area contributed by atoms with Crippen LogP contribution in [-0.4, -0.2) is 47.0 Å². The van der Waals surface area contributed by atoms with Crippen molar-refractivity contribution in [3.63, 3.8) is 0 Å². The lowest BCUT2D eigenvalue weighted by molar-refractivity contribution is -0.122. The molecule has 3 rings (SSSR count). The van der Waals surface area contributed by atoms with Gasteiger partial charge in [-0.2, -0.15) is 13.1 Å². The van der Waals surface area contributed by atoms with Gasteiger partial charge in [0.15, 0.2) is 0 Å². The van der Waals surface area contributed by atoms with Crippen LogP contribution >= 0.6 is 11.7 Å². The standard InChI is InChI=1S/C16H22N4O3S2/c1-11-6-3-4-7-12(11)17-15(21)10-20(2)25(22,23)14-9-5-8-13-16(14)19-24-18-13/h5,8-9,11-12H,3-4,6-7,10H2,1-2H3,(H,17,21)/t11-,12-/m0/s1. The van der Waals surface area contributed by atoms with Gasteiger partial charge >= 0.3 is 0 Å². The summed E-state index contributed by atoms with van der Waals surface area (Å²) in [4.78, 5) is 12.4. The first kappa shape index (κ1) is 18.2. The van der Waals surface area contributed by atoms with E-state index in [0.717, 1.165) is 35.3 Å². The first-order valence-electron chi connectivity index (χ1n) is 8.36. The monoisotopic (exact) mass is 382 g/mol. The van der Waals surface area contributed by atoms with Crippen LogP contribution in [0.15, 0.2) is 23.1 Å². The highest BCUT2D eigenvalue weighted by Crippen LogP contribution is 2.25. The second-order valence-corrected chi connectivity index (χ2v) is 9.13. The molecule has 2 atom stereocenters. The first-order chi connectivity index (χ1) is 11.9. The Labute approximate surface area is 151 Å². The van der Waals surface area contributed by atoms with E-state index in [9.17, 15) is 13.2 Å². The van der Waals surface area contributed by atoms with Crippen molar-refractivity contribution < 1.29 is 13.2 Å². The topological polar surface area (TPSA) is 92.3 Å². The van der Waals surface area contributed by atoms with E-state index in [2.05, 4.69) is 21.0 Å². The summed E-state index contributed by atoms with van der Waals surface area (Å²) in [5.41, 5.74) is 0.889. The molecule has 7 nitrogen and oxygen atoms in total. The second kappa shape index (κ2) is 7.35. The molecular weight excluding hydrogens is 360 g/mol. The molecule has 0 bridgehead atoms. The SMILES string of the molecule is C[C@H]1CCCC[C@@H]1NC(=O)CN(C)S(=O)(=O)c1cccc2nsnc12. The van der Waals surface area contributed by atoms with Gasteiger partial charge in [0.05, 0.1) is 18.3 Å². The van der Waals surface area contributed by atoms with Crippen molar-refractivity contribution in [3.05, 3.63) is 18.2 Å². The van der Waals surface area contributed by atoms with Gasteiger partial charge in [0.25, 0.3) is 0 Å². The fraction of sp³-hybridized carbons (Fsp3) is 0.562. The highest BCUT2D eigenvalue weighted by molar-refractivity contribution is 7.89. The molecule has 1 aromatic heterocycles. The van der Waals surface area contributed by atoms with Crippen molar-refractivity contribution in [1.82, 2.24) is 18.4 Å². The number of hydrogen-bond acceptors (Lipinski definition) is 6. The first-order valence-corrected chi connectivity index (χ1v) is 10.5. The van der Waals surface area contributed by atoms with E-state index in [0.29, 0.717) is 17.0 Å². The molecule has 1 saturated carbocycles. The predicted molar refractivity (Wildman–Crippen MR) is 96.8 cm³/mol. The van der Waals surface area contributed by atoms with Crippen LogP contribution in [0.2, 0.25) is 0 Å². The van der Waals surface area contributed by atoms with E-state index in [1.807, 2.05) is 0 Å². The van der Waals surface area contributed by atoms with Crippen LogP contribution in [0.5, 0.6) is 0 Å². The third kappa shape index (κ3) is 3.83. The van der Waals surface area contributed by atoms with Crippen LogP contribution in [0.3, 0.4) is 0 Å². The van der Waals surface area contributed by atoms with Gasteiger partial charge in [0.1, 0.15) is 15.9 Å². The highest BCUT2D eigenvalue weighted by Gasteiger charge is 2.28. The van der Waals surface area contributed by atoms with Crippen LogP contribution in [-0.2, 0) is 14.8 Å². The third-order valence-electron chi connectivity index (χ3n) is 4.76. The Hall–Kier alpha value is -1.58. The summed E-state index contributed by atoms with van der Waals surface area (Å²) in [6, 6.07) is 4.98. The number of nitrogens with zero attached hydrogens (tertiary/aromatic N) is 3. The maximum atomic E-state index is 12.8. The number of likely N-dealkylation sites (N-methyl/N-ethyl adjacent to an activating group) is 1. The van der Waals surface area contributed by atoms with Crippen molar-refractivity contribution in [2.45, 2.75) is 43.5 Å². The number of amides is 1. The van der Waals surface area contributed by atoms with Gasteiger partial charge in [0.2, 0.25) is 15.9 Å². The average Bonchev–Trinajstić information content (AvgIpc) is 3.05. The predicted octanol–water partition coefficient (Wildman–Crippen LogP) is 2.01. The molecule has 1 aliphatic carbocycles. The molecule has 2 aromatic rings. The van der Waals surface area contributed by atoms with E-state index in [4.69, 9.17) is 0 Å². The lowest BCUT2D eigenvalue weighted by Gasteiger charge is -2.30.